The van der Waals surface area contributed by atoms with Crippen molar-refractivity contribution in [3.05, 3.63) is 206 Å². The third kappa shape index (κ3) is 10.4. The number of hydrogen-bond acceptors (Lipinski definition) is 0. The molecule has 0 saturated carbocycles. The first-order valence-corrected chi connectivity index (χ1v) is 22.2. The van der Waals surface area contributed by atoms with Crippen molar-refractivity contribution >= 4 is 46.4 Å². The Labute approximate surface area is 348 Å². The molecule has 0 aliphatic rings. The van der Waals surface area contributed by atoms with Crippen molar-refractivity contribution in [3.63, 3.8) is 0 Å². The van der Waals surface area contributed by atoms with Gasteiger partial charge in [-0.25, -0.2) is 0 Å². The molecule has 0 nitrogen and oxygen atoms in total. The predicted molar refractivity (Wildman–Crippen MR) is 226 cm³/mol. The van der Waals surface area contributed by atoms with Gasteiger partial charge in [-0.1, -0.05) is 133 Å². The highest BCUT2D eigenvalue weighted by atomic mass is 127. The monoisotopic (exact) mass is 942 g/mol. The first-order chi connectivity index (χ1) is 24.8. The van der Waals surface area contributed by atoms with Crippen molar-refractivity contribution in [3.8, 4) is 0 Å². The normalized spacial score (nSPS) is 11.6. The summed E-state index contributed by atoms with van der Waals surface area (Å²) in [5, 5.41) is 8.80. The highest BCUT2D eigenvalue weighted by Gasteiger charge is 2.45. The van der Waals surface area contributed by atoms with Crippen molar-refractivity contribution in [2.24, 2.45) is 0 Å². The molecule has 52 heavy (non-hydrogen) atoms. The maximum absolute atomic E-state index is 2.44. The molecular formula is C48H50I2P2. The fraction of sp³-hybridized carbons (Fsp3) is 0.167. The Morgan fingerprint density at radius 3 is 0.673 bits per heavy atom. The highest BCUT2D eigenvalue weighted by molar-refractivity contribution is 7.96. The smallest absolute Gasteiger partial charge is 0.112 e. The van der Waals surface area contributed by atoms with Crippen molar-refractivity contribution in [2.75, 3.05) is 12.3 Å². The van der Waals surface area contributed by atoms with E-state index in [1.54, 1.807) is 0 Å². The molecule has 0 atom stereocenters. The Balaban J connectivity index is 0.00000302. The van der Waals surface area contributed by atoms with Gasteiger partial charge in [-0.15, -0.1) is 0 Å². The molecule has 6 aromatic carbocycles. The molecule has 0 bridgehead atoms. The van der Waals surface area contributed by atoms with Crippen LogP contribution in [0.5, 0.6) is 0 Å². The van der Waals surface area contributed by atoms with Crippen LogP contribution in [-0.4, -0.2) is 12.3 Å². The molecule has 0 aliphatic heterocycles. The van der Waals surface area contributed by atoms with Gasteiger partial charge in [0.15, 0.2) is 0 Å². The molecule has 6 rings (SSSR count). The summed E-state index contributed by atoms with van der Waals surface area (Å²) in [6, 6.07) is 67.4. The van der Waals surface area contributed by atoms with E-state index in [0.29, 0.717) is 0 Å². The number of hydrogen-bond donors (Lipinski definition) is 0. The Morgan fingerprint density at radius 1 is 0.269 bits per heavy atom. The molecule has 0 amide bonds. The van der Waals surface area contributed by atoms with Gasteiger partial charge in [0.05, 0.1) is 12.3 Å². The number of allylic oxidation sites excluding steroid dienone is 4. The minimum atomic E-state index is -1.76. The van der Waals surface area contributed by atoms with E-state index in [1.807, 2.05) is 0 Å². The van der Waals surface area contributed by atoms with Crippen LogP contribution >= 0.6 is 14.5 Å². The summed E-state index contributed by atoms with van der Waals surface area (Å²) in [5.41, 5.74) is 0. The van der Waals surface area contributed by atoms with E-state index >= 15 is 0 Å². The number of rotatable bonds is 17. The summed E-state index contributed by atoms with van der Waals surface area (Å²) < 4.78 is 0. The summed E-state index contributed by atoms with van der Waals surface area (Å²) >= 11 is 0. The molecular weight excluding hydrogens is 892 g/mol. The predicted octanol–water partition coefficient (Wildman–Crippen LogP) is 4.44. The second-order valence-corrected chi connectivity index (χ2v) is 20.1. The lowest BCUT2D eigenvalue weighted by Crippen LogP contribution is -3.00. The fourth-order valence-electron chi connectivity index (χ4n) is 7.30. The Morgan fingerprint density at radius 2 is 0.462 bits per heavy atom. The average Bonchev–Trinajstić information content (AvgIpc) is 3.20. The first kappa shape index (κ1) is 41.9. The largest absolute Gasteiger partial charge is 1.00 e. The van der Waals surface area contributed by atoms with Crippen LogP contribution in [0, 0.1) is 0 Å². The van der Waals surface area contributed by atoms with Gasteiger partial charge >= 0.3 is 0 Å². The van der Waals surface area contributed by atoms with E-state index in [-0.39, 0.29) is 48.0 Å². The van der Waals surface area contributed by atoms with Crippen molar-refractivity contribution < 1.29 is 48.0 Å². The molecule has 6 aromatic rings. The van der Waals surface area contributed by atoms with Gasteiger partial charge in [-0.3, -0.25) is 0 Å². The molecule has 0 N–H and O–H groups in total. The van der Waals surface area contributed by atoms with E-state index in [2.05, 4.69) is 206 Å². The van der Waals surface area contributed by atoms with Crippen LogP contribution in [0.4, 0.5) is 0 Å². The van der Waals surface area contributed by atoms with Crippen LogP contribution in [0.3, 0.4) is 0 Å². The topological polar surface area (TPSA) is 0 Å². The Bertz CT molecular complexity index is 1540. The third-order valence-electron chi connectivity index (χ3n) is 9.77. The molecule has 0 radical (unpaired) electrons. The fourth-order valence-corrected chi connectivity index (χ4v) is 15.8. The molecule has 0 aliphatic carbocycles. The second-order valence-electron chi connectivity index (χ2n) is 12.9. The lowest BCUT2D eigenvalue weighted by atomic mass is 10.1. The van der Waals surface area contributed by atoms with Gasteiger partial charge < -0.3 is 48.0 Å². The van der Waals surface area contributed by atoms with Crippen LogP contribution in [0.1, 0.15) is 38.5 Å². The Hall–Kier alpha value is -2.88. The second kappa shape index (κ2) is 22.4. The molecule has 0 unspecified atom stereocenters. The van der Waals surface area contributed by atoms with Crippen molar-refractivity contribution in [2.45, 2.75) is 38.5 Å². The van der Waals surface area contributed by atoms with Crippen molar-refractivity contribution in [1.29, 1.82) is 0 Å². The lowest BCUT2D eigenvalue weighted by Gasteiger charge is -2.27. The van der Waals surface area contributed by atoms with Gasteiger partial charge in [-0.2, -0.15) is 0 Å². The van der Waals surface area contributed by atoms with Crippen LogP contribution in [0.15, 0.2) is 206 Å². The van der Waals surface area contributed by atoms with Crippen molar-refractivity contribution in [1.82, 2.24) is 0 Å². The zero-order chi connectivity index (χ0) is 34.2. The summed E-state index contributed by atoms with van der Waals surface area (Å²) in [7, 11) is -3.52. The summed E-state index contributed by atoms with van der Waals surface area (Å²) in [6.45, 7) is 0. The van der Waals surface area contributed by atoms with E-state index in [1.165, 1.54) is 44.7 Å². The molecule has 0 spiro atoms. The highest BCUT2D eigenvalue weighted by Crippen LogP contribution is 2.56. The molecule has 0 saturated heterocycles. The van der Waals surface area contributed by atoms with Gasteiger partial charge in [0.2, 0.25) is 0 Å². The van der Waals surface area contributed by atoms with E-state index in [9.17, 15) is 0 Å². The maximum atomic E-state index is 2.44. The zero-order valence-electron chi connectivity index (χ0n) is 29.9. The Kier molecular flexibility index (Phi) is 18.0. The van der Waals surface area contributed by atoms with Crippen LogP contribution in [0.2, 0.25) is 0 Å². The maximum Gasteiger partial charge on any atom is 0.112 e. The number of halogens is 2. The van der Waals surface area contributed by atoms with Gasteiger partial charge in [0, 0.05) is 12.8 Å². The van der Waals surface area contributed by atoms with Crippen LogP contribution < -0.4 is 79.8 Å². The summed E-state index contributed by atoms with van der Waals surface area (Å²) in [4.78, 5) is 0. The van der Waals surface area contributed by atoms with E-state index < -0.39 is 14.5 Å². The van der Waals surface area contributed by atoms with Crippen LogP contribution in [0.25, 0.3) is 0 Å². The van der Waals surface area contributed by atoms with E-state index in [0.717, 1.165) is 38.0 Å². The van der Waals surface area contributed by atoms with Crippen LogP contribution in [-0.2, 0) is 0 Å². The molecule has 0 fully saturated rings. The molecule has 0 heterocycles. The molecule has 0 aromatic heterocycles. The van der Waals surface area contributed by atoms with Gasteiger partial charge in [0.1, 0.15) is 46.4 Å². The van der Waals surface area contributed by atoms with Gasteiger partial charge in [0.25, 0.3) is 0 Å². The third-order valence-corrected chi connectivity index (χ3v) is 18.7. The minimum absolute atomic E-state index is 0. The molecule has 266 valence electrons. The van der Waals surface area contributed by atoms with E-state index in [4.69, 9.17) is 0 Å². The SMILES string of the molecule is C(=C/CC[P+](c1ccccc1)(c1ccccc1)c1ccccc1)/CCCC/C=C\CC[P+](c1ccccc1)(c1ccccc1)c1ccccc1.[I-].[I-]. The quantitative estimate of drug-likeness (QED) is 0.0551. The lowest BCUT2D eigenvalue weighted by molar-refractivity contribution is -0.00100. The standard InChI is InChI=1S/C48H50P2.2HI/c1(3-5-7-27-41-49(43-29-15-9-16-30-43,44-31-17-10-18-32-44)45-33-19-11-20-34-45)2-4-6-8-28-42-50(46-35-21-12-22-36-46,47-37-23-13-24-38-47)48-39-25-14-26-40-48;;/h5-26,29-40H,1-4,27-28,41-42H2;2*1H/q+2;;/p-2/b7-5-,8-6-;;. The average molecular weight is 943 g/mol. The minimum Gasteiger partial charge on any atom is -1.00 e. The first-order valence-electron chi connectivity index (χ1n) is 18.2. The zero-order valence-corrected chi connectivity index (χ0v) is 36.0. The number of unbranched alkanes of at least 4 members (excludes halogenated alkanes) is 3. The molecule has 4 heteroatoms. The van der Waals surface area contributed by atoms with Gasteiger partial charge in [-0.05, 0) is 98.5 Å². The number of benzene rings is 6. The summed E-state index contributed by atoms with van der Waals surface area (Å²) in [6.07, 6.45) is 18.9. The summed E-state index contributed by atoms with van der Waals surface area (Å²) in [5.74, 6) is 0.